The molecule has 1 aromatic heterocycles. The molecule has 14 heavy (non-hydrogen) atoms. The fourth-order valence-corrected chi connectivity index (χ4v) is 4.49. The molecule has 1 rings (SSSR count). The van der Waals surface area contributed by atoms with E-state index >= 15 is 0 Å². The van der Waals surface area contributed by atoms with Crippen molar-refractivity contribution in [3.8, 4) is 0 Å². The molecule has 82 valence electrons. The van der Waals surface area contributed by atoms with E-state index in [1.165, 1.54) is 10.9 Å². The van der Waals surface area contributed by atoms with Crippen molar-refractivity contribution < 1.29 is 7.85 Å². The Labute approximate surface area is 98.6 Å². The van der Waals surface area contributed by atoms with E-state index in [2.05, 4.69) is 0 Å². The quantitative estimate of drug-likeness (QED) is 0.541. The predicted octanol–water partition coefficient (Wildman–Crippen LogP) is 3.24. The third kappa shape index (κ3) is 5.95. The maximum atomic E-state index is 5.65. The van der Waals surface area contributed by atoms with Gasteiger partial charge in [0.25, 0.3) is 0 Å². The van der Waals surface area contributed by atoms with Crippen LogP contribution in [0.1, 0.15) is 5.56 Å². The van der Waals surface area contributed by atoms with Gasteiger partial charge >= 0.3 is 99.7 Å². The molecule has 0 atom stereocenters. The third-order valence-electron chi connectivity index (χ3n) is 1.17. The predicted molar refractivity (Wildman–Crippen MR) is 63.0 cm³/mol. The number of nitrogens with zero attached hydrogens (tertiary/aromatic N) is 1. The van der Waals surface area contributed by atoms with Crippen LogP contribution in [0.3, 0.4) is 0 Å². The molecule has 2 nitrogen and oxygen atoms in total. The van der Waals surface area contributed by atoms with Crippen LogP contribution in [0.4, 0.5) is 0 Å². The molecule has 0 aliphatic carbocycles. The van der Waals surface area contributed by atoms with Gasteiger partial charge in [-0.3, -0.25) is 0 Å². The molecule has 8 heteroatoms. The summed E-state index contributed by atoms with van der Waals surface area (Å²) in [6.45, 7) is 1.86. The van der Waals surface area contributed by atoms with E-state index in [0.717, 1.165) is 5.56 Å². The van der Waals surface area contributed by atoms with Gasteiger partial charge in [0, 0.05) is 0 Å². The normalized spacial score (nSPS) is 17.0. The van der Waals surface area contributed by atoms with Gasteiger partial charge in [-0.15, -0.1) is 0 Å². The first-order chi connectivity index (χ1) is 5.95. The second-order valence-corrected chi connectivity index (χ2v) is 47.8. The summed E-state index contributed by atoms with van der Waals surface area (Å²) < 4.78 is 6.19. The molecule has 0 amide bonds. The van der Waals surface area contributed by atoms with Crippen molar-refractivity contribution >= 4 is 54.8 Å². The summed E-state index contributed by atoms with van der Waals surface area (Å²) in [5.41, 5.74) is 0.922. The summed E-state index contributed by atoms with van der Waals surface area (Å²) in [5.74, 6) is 0. The number of rotatable bonds is 2. The summed E-state index contributed by atoms with van der Waals surface area (Å²) in [7, 11) is 22.3. The minimum atomic E-state index is -5.88. The molecule has 0 unspecified atom stereocenters. The minimum absolute atomic E-state index is 0.922. The Bertz CT molecular complexity index is 361. The molecule has 0 aromatic carbocycles. The van der Waals surface area contributed by atoms with Crippen molar-refractivity contribution in [1.82, 2.24) is 0 Å². The summed E-state index contributed by atoms with van der Waals surface area (Å²) in [5, 5.41) is 0. The van der Waals surface area contributed by atoms with Gasteiger partial charge in [0.1, 0.15) is 0 Å². The zero-order chi connectivity index (χ0) is 11.1. The topological polar surface area (TPSA) is 13.1 Å². The van der Waals surface area contributed by atoms with Gasteiger partial charge in [-0.2, -0.15) is 0 Å². The van der Waals surface area contributed by atoms with E-state index in [0.29, 0.717) is 0 Å². The molecule has 0 N–H and O–H groups in total. The van der Waals surface area contributed by atoms with Gasteiger partial charge in [0.2, 0.25) is 0 Å². The monoisotopic (exact) mass is 405 g/mol. The molecular weight excluding hydrogens is 401 g/mol. The first-order valence-electron chi connectivity index (χ1n) is 3.47. The van der Waals surface area contributed by atoms with Crippen molar-refractivity contribution in [3.63, 3.8) is 0 Å². The van der Waals surface area contributed by atoms with E-state index in [9.17, 15) is 0 Å². The van der Waals surface area contributed by atoms with Crippen molar-refractivity contribution in [2.45, 2.75) is 6.92 Å². The maximum absolute atomic E-state index is 5.88. The van der Waals surface area contributed by atoms with E-state index < -0.39 is 10.7 Å². The summed E-state index contributed by atoms with van der Waals surface area (Å²) in [4.78, 5) is 0. The SMILES string of the molecule is Cc1ccc[n+]([O][Sb-]([Cl])([Cl])([Cl])([Cl])[Cl])c1. The number of hydrogen-bond donors (Lipinski definition) is 0. The van der Waals surface area contributed by atoms with Gasteiger partial charge in [0.15, 0.2) is 0 Å². The van der Waals surface area contributed by atoms with Crippen LogP contribution in [-0.4, -0.2) is 10.7 Å². The van der Waals surface area contributed by atoms with Crippen LogP contribution < -0.4 is 7.85 Å². The number of halogens is 5. The van der Waals surface area contributed by atoms with Crippen LogP contribution in [0.15, 0.2) is 24.5 Å². The Hall–Kier alpha value is 1.22. The van der Waals surface area contributed by atoms with Gasteiger partial charge in [-0.1, -0.05) is 0 Å². The molecule has 1 aromatic rings. The van der Waals surface area contributed by atoms with Gasteiger partial charge in [0.05, 0.1) is 0 Å². The van der Waals surface area contributed by atoms with Crippen LogP contribution in [0.2, 0.25) is 0 Å². The van der Waals surface area contributed by atoms with Crippen molar-refractivity contribution in [3.05, 3.63) is 30.1 Å². The van der Waals surface area contributed by atoms with Crippen LogP contribution in [0, 0.1) is 6.92 Å². The Morgan fingerprint density at radius 1 is 1.21 bits per heavy atom. The van der Waals surface area contributed by atoms with Crippen LogP contribution in [-0.2, 0) is 0 Å². The summed E-state index contributed by atoms with van der Waals surface area (Å²) in [6, 6.07) is 3.57. The van der Waals surface area contributed by atoms with Gasteiger partial charge in [-0.05, 0) is 0 Å². The van der Waals surface area contributed by atoms with E-state index in [-0.39, 0.29) is 0 Å². The number of pyridine rings is 1. The first-order valence-corrected chi connectivity index (χ1v) is 20.7. The Balaban J connectivity index is 3.02. The zero-order valence-electron chi connectivity index (χ0n) is 7.00. The van der Waals surface area contributed by atoms with Gasteiger partial charge in [-0.25, -0.2) is 0 Å². The molecule has 0 aliphatic rings. The van der Waals surface area contributed by atoms with Crippen LogP contribution in [0.25, 0.3) is 0 Å². The molecule has 0 bridgehead atoms. The molecule has 0 radical (unpaired) electrons. The average Bonchev–Trinajstić information content (AvgIpc) is 1.78. The molecule has 0 fully saturated rings. The van der Waals surface area contributed by atoms with Gasteiger partial charge < -0.3 is 0 Å². The van der Waals surface area contributed by atoms with Crippen molar-refractivity contribution in [2.24, 2.45) is 0 Å². The average molecular weight is 408 g/mol. The first kappa shape index (κ1) is 13.3. The van der Waals surface area contributed by atoms with E-state index in [1.807, 2.05) is 13.0 Å². The fraction of sp³-hybridized carbons (Fsp3) is 0.167. The van der Waals surface area contributed by atoms with Crippen molar-refractivity contribution in [2.75, 3.05) is 0 Å². The fourth-order valence-electron chi connectivity index (χ4n) is 0.795. The second kappa shape index (κ2) is 3.35. The number of aryl methyl sites for hydroxylation is 1. The molecule has 0 spiro atoms. The molecular formula is C6H7Cl5NOSb. The standard InChI is InChI=1S/C6H7NO.5ClH.Sb/c1-6-3-2-4-7(8)5-6;;;;;;/h2-5H,1H3;5*1H;/q;;;;;;+5/p-5. The zero-order valence-corrected chi connectivity index (χ0v) is 13.3. The van der Waals surface area contributed by atoms with E-state index in [4.69, 9.17) is 47.3 Å². The summed E-state index contributed by atoms with van der Waals surface area (Å²) in [6.07, 6.45) is 3.14. The van der Waals surface area contributed by atoms with Crippen LogP contribution in [0.5, 0.6) is 0 Å². The summed E-state index contributed by atoms with van der Waals surface area (Å²) >= 11 is 0. The number of hydrogen-bond acceptors (Lipinski definition) is 1. The Morgan fingerprint density at radius 3 is 2.21 bits per heavy atom. The van der Waals surface area contributed by atoms with E-state index in [1.54, 1.807) is 12.3 Å². The number of aromatic nitrogens is 1. The Kier molecular flexibility index (Phi) is 3.18. The molecule has 1 heterocycles. The van der Waals surface area contributed by atoms with Crippen molar-refractivity contribution in [1.29, 1.82) is 0 Å². The second-order valence-electron chi connectivity index (χ2n) is 2.81. The molecule has 0 saturated carbocycles. The third-order valence-corrected chi connectivity index (χ3v) is 4.66. The Morgan fingerprint density at radius 2 is 1.79 bits per heavy atom. The molecule has 0 aliphatic heterocycles. The van der Waals surface area contributed by atoms with Crippen LogP contribution >= 0.6 is 44.1 Å². The molecule has 0 saturated heterocycles.